The molecule has 34 heavy (non-hydrogen) atoms. The Morgan fingerprint density at radius 2 is 1.97 bits per heavy atom. The van der Waals surface area contributed by atoms with Crippen LogP contribution in [0.3, 0.4) is 0 Å². The number of nitriles is 1. The van der Waals surface area contributed by atoms with Gasteiger partial charge in [0.25, 0.3) is 11.8 Å². The third-order valence-corrected chi connectivity index (χ3v) is 6.33. The second kappa shape index (κ2) is 8.01. The number of amides is 2. The molecule has 2 bridgehead atoms. The summed E-state index contributed by atoms with van der Waals surface area (Å²) in [4.78, 5) is 31.2. The topological polar surface area (TPSA) is 116 Å². The molecule has 2 amide bonds. The van der Waals surface area contributed by atoms with E-state index in [2.05, 4.69) is 21.5 Å². The first-order valence-electron chi connectivity index (χ1n) is 11.0. The van der Waals surface area contributed by atoms with Gasteiger partial charge in [0.05, 0.1) is 53.0 Å². The third kappa shape index (κ3) is 3.49. The van der Waals surface area contributed by atoms with E-state index in [4.69, 9.17) is 4.74 Å². The van der Waals surface area contributed by atoms with Crippen molar-refractivity contribution in [1.29, 1.82) is 5.26 Å². The average molecular weight is 457 g/mol. The van der Waals surface area contributed by atoms with E-state index in [1.807, 2.05) is 33.2 Å². The molecule has 0 unspecified atom stereocenters. The molecule has 0 saturated heterocycles. The van der Waals surface area contributed by atoms with Gasteiger partial charge in [-0.1, -0.05) is 0 Å². The van der Waals surface area contributed by atoms with Gasteiger partial charge < -0.3 is 19.9 Å². The maximum absolute atomic E-state index is 13.3. The molecule has 9 heteroatoms. The molecule has 0 aliphatic carbocycles. The molecule has 0 fully saturated rings. The lowest BCUT2D eigenvalue weighted by atomic mass is 9.96. The number of hydrogen-bond acceptors (Lipinski definition) is 5. The normalized spacial score (nSPS) is 19.3. The molecule has 9 nitrogen and oxygen atoms in total. The van der Waals surface area contributed by atoms with E-state index < -0.39 is 0 Å². The third-order valence-electron chi connectivity index (χ3n) is 6.33. The Hall–Kier alpha value is -4.16. The summed E-state index contributed by atoms with van der Waals surface area (Å²) in [7, 11) is 3.56. The first-order valence-corrected chi connectivity index (χ1v) is 11.0. The second-order valence-electron chi connectivity index (χ2n) is 8.79. The summed E-state index contributed by atoms with van der Waals surface area (Å²) in [6.07, 6.45) is 3.56. The van der Waals surface area contributed by atoms with Crippen molar-refractivity contribution in [2.75, 3.05) is 19.0 Å². The van der Waals surface area contributed by atoms with Crippen LogP contribution in [0.1, 0.15) is 45.5 Å². The van der Waals surface area contributed by atoms with Gasteiger partial charge >= 0.3 is 0 Å². The smallest absolute Gasteiger partial charge is 0.256 e. The first-order chi connectivity index (χ1) is 16.3. The van der Waals surface area contributed by atoms with E-state index in [0.29, 0.717) is 45.9 Å². The van der Waals surface area contributed by atoms with Crippen molar-refractivity contribution in [3.05, 3.63) is 58.2 Å². The fourth-order valence-corrected chi connectivity index (χ4v) is 4.43. The Morgan fingerprint density at radius 1 is 1.18 bits per heavy atom. The quantitative estimate of drug-likeness (QED) is 0.539. The highest BCUT2D eigenvalue weighted by atomic mass is 16.5. The molecule has 1 aromatic carbocycles. The number of carbonyl (C=O) groups excluding carboxylic acids is 2. The monoisotopic (exact) mass is 456 g/mol. The Kier molecular flexibility index (Phi) is 5.10. The van der Waals surface area contributed by atoms with E-state index in [1.54, 1.807) is 34.8 Å². The maximum Gasteiger partial charge on any atom is 0.256 e. The highest BCUT2D eigenvalue weighted by Crippen LogP contribution is 2.40. The molecule has 0 spiro atoms. The number of anilines is 1. The highest BCUT2D eigenvalue weighted by molar-refractivity contribution is 6.35. The van der Waals surface area contributed by atoms with E-state index in [-0.39, 0.29) is 24.5 Å². The van der Waals surface area contributed by atoms with Crippen LogP contribution in [0, 0.1) is 18.3 Å². The van der Waals surface area contributed by atoms with E-state index >= 15 is 0 Å². The zero-order valence-electron chi connectivity index (χ0n) is 19.4. The lowest BCUT2D eigenvalue weighted by Crippen LogP contribution is -2.38. The zero-order valence-corrected chi connectivity index (χ0v) is 19.4. The molecule has 2 N–H and O–H groups in total. The van der Waals surface area contributed by atoms with Gasteiger partial charge in [-0.05, 0) is 43.7 Å². The number of fused-ring (bicyclic) bond motifs is 4. The largest absolute Gasteiger partial charge is 0.373 e. The van der Waals surface area contributed by atoms with Crippen LogP contribution in [0.4, 0.5) is 5.69 Å². The number of rotatable bonds is 0. The molecule has 4 heterocycles. The Labute approximate surface area is 196 Å². The molecule has 2 aliphatic heterocycles. The Balaban J connectivity index is 1.77. The number of likely N-dealkylation sites (N-methyl/N-ethyl adjacent to an activating group) is 1. The van der Waals surface area contributed by atoms with Gasteiger partial charge in [0.2, 0.25) is 0 Å². The van der Waals surface area contributed by atoms with Crippen LogP contribution in [0.15, 0.2) is 24.4 Å². The fraction of sp³-hybridized carbons (Fsp3) is 0.280. The molecule has 2 aromatic heterocycles. The van der Waals surface area contributed by atoms with E-state index in [0.717, 1.165) is 16.8 Å². The van der Waals surface area contributed by atoms with Crippen molar-refractivity contribution in [1.82, 2.24) is 19.7 Å². The fourth-order valence-electron chi connectivity index (χ4n) is 4.43. The number of benzene rings is 1. The summed E-state index contributed by atoms with van der Waals surface area (Å²) in [6.45, 7) is 4.36. The second-order valence-corrected chi connectivity index (χ2v) is 8.79. The van der Waals surface area contributed by atoms with E-state index in [9.17, 15) is 14.9 Å². The van der Waals surface area contributed by atoms with Gasteiger partial charge in [-0.25, -0.2) is 0 Å². The average Bonchev–Trinajstić information content (AvgIpc) is 3.46. The van der Waals surface area contributed by atoms with Gasteiger partial charge in [-0.2, -0.15) is 10.4 Å². The van der Waals surface area contributed by atoms with Gasteiger partial charge in [0.15, 0.2) is 0 Å². The minimum absolute atomic E-state index is 0.175. The van der Waals surface area contributed by atoms with E-state index in [1.165, 1.54) is 0 Å². The lowest BCUT2D eigenvalue weighted by Gasteiger charge is -2.25. The SMILES string of the molecule is Cc1cc2c([nH]1)/C=C1\C(=O)Nc3c(C#N)cc(cc31)-c1cn(C)nc1COC[C@@H](C)N(C)C2=O. The number of nitrogens with zero attached hydrogens (tertiary/aromatic N) is 4. The summed E-state index contributed by atoms with van der Waals surface area (Å²) in [5.74, 6) is -0.499. The standard InChI is InChI=1S/C25H24N6O3/c1-13-5-19-21(27-13)8-18-17-7-15(6-16(9-26)23(17)28-24(18)32)20-10-30(3)29-22(20)12-34-11-14(2)31(4)25(19)33/h5-8,10,14,27H,11-12H2,1-4H3,(H,28,32)/b18-8-/t14-/m1/s1. The molecule has 1 atom stereocenters. The predicted octanol–water partition coefficient (Wildman–Crippen LogP) is 3.08. The Morgan fingerprint density at radius 3 is 2.74 bits per heavy atom. The summed E-state index contributed by atoms with van der Waals surface area (Å²) in [5, 5.41) is 17.2. The van der Waals surface area contributed by atoms with Crippen molar-refractivity contribution in [2.24, 2.45) is 7.05 Å². The van der Waals surface area contributed by atoms with Gasteiger partial charge in [-0.15, -0.1) is 0 Å². The summed E-state index contributed by atoms with van der Waals surface area (Å²) in [5.41, 5.74) is 5.94. The van der Waals surface area contributed by atoms with Gasteiger partial charge in [-0.3, -0.25) is 14.3 Å². The summed E-state index contributed by atoms with van der Waals surface area (Å²) < 4.78 is 7.65. The van der Waals surface area contributed by atoms with Crippen molar-refractivity contribution < 1.29 is 14.3 Å². The van der Waals surface area contributed by atoms with Crippen LogP contribution in [0.25, 0.3) is 22.8 Å². The predicted molar refractivity (Wildman–Crippen MR) is 127 cm³/mol. The van der Waals surface area contributed by atoms with Crippen LogP contribution < -0.4 is 5.32 Å². The van der Waals surface area contributed by atoms with Crippen molar-refractivity contribution in [3.8, 4) is 17.2 Å². The van der Waals surface area contributed by atoms with Gasteiger partial charge in [0, 0.05) is 37.1 Å². The van der Waals surface area contributed by atoms with Crippen molar-refractivity contribution >= 4 is 29.2 Å². The minimum atomic E-state index is -0.324. The molecule has 0 saturated carbocycles. The number of H-pyrrole nitrogens is 1. The molecule has 2 aliphatic rings. The molecule has 172 valence electrons. The maximum atomic E-state index is 13.3. The number of carbonyl (C=O) groups is 2. The van der Waals surface area contributed by atoms with Crippen LogP contribution >= 0.6 is 0 Å². The number of nitrogens with one attached hydrogen (secondary N) is 2. The zero-order chi connectivity index (χ0) is 24.1. The lowest BCUT2D eigenvalue weighted by molar-refractivity contribution is -0.110. The van der Waals surface area contributed by atoms with Gasteiger partial charge in [0.1, 0.15) is 6.07 Å². The minimum Gasteiger partial charge on any atom is -0.373 e. The molecule has 3 aromatic rings. The molecular weight excluding hydrogens is 432 g/mol. The Bertz CT molecular complexity index is 1420. The number of aromatic amines is 1. The number of hydrogen-bond donors (Lipinski definition) is 2. The number of aromatic nitrogens is 3. The van der Waals surface area contributed by atoms with Crippen molar-refractivity contribution in [2.45, 2.75) is 26.5 Å². The highest BCUT2D eigenvalue weighted by Gasteiger charge is 2.30. The molecular formula is C25H24N6O3. The molecule has 0 radical (unpaired) electrons. The van der Waals surface area contributed by atoms with Crippen LogP contribution in [0.2, 0.25) is 0 Å². The van der Waals surface area contributed by atoms with Crippen LogP contribution in [0.5, 0.6) is 0 Å². The first kappa shape index (κ1) is 21.7. The number of aryl methyl sites for hydroxylation is 2. The van der Waals surface area contributed by atoms with Crippen LogP contribution in [-0.4, -0.2) is 51.2 Å². The number of ether oxygens (including phenoxy) is 1. The van der Waals surface area contributed by atoms with Crippen LogP contribution in [-0.2, 0) is 23.2 Å². The molecule has 5 rings (SSSR count). The summed E-state index contributed by atoms with van der Waals surface area (Å²) >= 11 is 0. The summed E-state index contributed by atoms with van der Waals surface area (Å²) in [6, 6.07) is 7.43. The van der Waals surface area contributed by atoms with Crippen molar-refractivity contribution in [3.63, 3.8) is 0 Å².